The Labute approximate surface area is 195 Å². The number of nitrogens with zero attached hydrogens (tertiary/aromatic N) is 2. The molecule has 1 aliphatic rings. The predicted octanol–water partition coefficient (Wildman–Crippen LogP) is 4.11. The van der Waals surface area contributed by atoms with Gasteiger partial charge in [0.25, 0.3) is 5.91 Å². The van der Waals surface area contributed by atoms with E-state index in [1.165, 1.54) is 6.07 Å². The number of fused-ring (bicyclic) bond motifs is 1. The van der Waals surface area contributed by atoms with Gasteiger partial charge in [0.2, 0.25) is 0 Å². The first-order chi connectivity index (χ1) is 15.7. The number of ether oxygens (including phenoxy) is 1. The van der Waals surface area contributed by atoms with E-state index in [0.717, 1.165) is 18.9 Å². The molecule has 0 saturated carbocycles. The summed E-state index contributed by atoms with van der Waals surface area (Å²) in [4.78, 5) is 32.2. The van der Waals surface area contributed by atoms with E-state index in [9.17, 15) is 19.8 Å². The van der Waals surface area contributed by atoms with Gasteiger partial charge in [-0.05, 0) is 64.7 Å². The Bertz CT molecular complexity index is 910. The molecule has 8 heteroatoms. The molecule has 1 aliphatic heterocycles. The van der Waals surface area contributed by atoms with Crippen LogP contribution < -0.4 is 0 Å². The number of esters is 1. The van der Waals surface area contributed by atoms with Gasteiger partial charge < -0.3 is 24.7 Å². The summed E-state index contributed by atoms with van der Waals surface area (Å²) < 4.78 is 5.28. The van der Waals surface area contributed by atoms with E-state index in [0.29, 0.717) is 17.7 Å². The van der Waals surface area contributed by atoms with Gasteiger partial charge in [-0.15, -0.1) is 0 Å². The van der Waals surface area contributed by atoms with E-state index in [1.807, 2.05) is 45.9 Å². The third kappa shape index (κ3) is 7.97. The maximum Gasteiger partial charge on any atom is 0.342 e. The van der Waals surface area contributed by atoms with Crippen molar-refractivity contribution in [3.8, 4) is 11.5 Å². The third-order valence-corrected chi connectivity index (χ3v) is 5.02. The normalized spacial score (nSPS) is 18.4. The molecule has 2 rings (SSSR count). The van der Waals surface area contributed by atoms with E-state index in [-0.39, 0.29) is 54.7 Å². The van der Waals surface area contributed by atoms with Crippen molar-refractivity contribution in [2.24, 2.45) is 5.16 Å². The first kappa shape index (κ1) is 26.0. The minimum Gasteiger partial charge on any atom is -0.508 e. The zero-order valence-electron chi connectivity index (χ0n) is 19.8. The Kier molecular flexibility index (Phi) is 9.97. The van der Waals surface area contributed by atoms with Crippen LogP contribution in [-0.2, 0) is 20.8 Å². The van der Waals surface area contributed by atoms with Gasteiger partial charge in [0.15, 0.2) is 6.61 Å². The predicted molar refractivity (Wildman–Crippen MR) is 126 cm³/mol. The van der Waals surface area contributed by atoms with Gasteiger partial charge in [0.05, 0.1) is 12.3 Å². The molecule has 2 N–H and O–H groups in total. The summed E-state index contributed by atoms with van der Waals surface area (Å²) in [5, 5.41) is 24.4. The molecule has 180 valence electrons. The van der Waals surface area contributed by atoms with E-state index in [4.69, 9.17) is 9.57 Å². The Hall–Kier alpha value is -3.29. The second kappa shape index (κ2) is 12.7. The molecule has 8 nitrogen and oxygen atoms in total. The number of aromatic hydroxyl groups is 2. The van der Waals surface area contributed by atoms with Gasteiger partial charge in [-0.2, -0.15) is 0 Å². The van der Waals surface area contributed by atoms with E-state index in [2.05, 4.69) is 5.16 Å². The largest absolute Gasteiger partial charge is 0.508 e. The van der Waals surface area contributed by atoms with Crippen LogP contribution in [0.3, 0.4) is 0 Å². The van der Waals surface area contributed by atoms with Crippen LogP contribution in [0.5, 0.6) is 11.5 Å². The van der Waals surface area contributed by atoms with Crippen molar-refractivity contribution < 1.29 is 29.4 Å². The fraction of sp³-hybridized carbons (Fsp3) is 0.480. The van der Waals surface area contributed by atoms with Gasteiger partial charge in [-0.25, -0.2) is 4.79 Å². The highest BCUT2D eigenvalue weighted by Gasteiger charge is 2.22. The van der Waals surface area contributed by atoms with Crippen LogP contribution in [0.2, 0.25) is 0 Å². The van der Waals surface area contributed by atoms with Gasteiger partial charge in [0.1, 0.15) is 17.1 Å². The number of benzene rings is 1. The number of hydrogen-bond donors (Lipinski definition) is 2. The van der Waals surface area contributed by atoms with E-state index in [1.54, 1.807) is 11.0 Å². The lowest BCUT2D eigenvalue weighted by molar-refractivity contribution is -0.139. The number of phenols is 2. The van der Waals surface area contributed by atoms with Crippen molar-refractivity contribution in [1.82, 2.24) is 4.90 Å². The highest BCUT2D eigenvalue weighted by atomic mass is 16.6. The minimum atomic E-state index is -0.683. The highest BCUT2D eigenvalue weighted by Crippen LogP contribution is 2.29. The smallest absolute Gasteiger partial charge is 0.342 e. The number of amides is 1. The van der Waals surface area contributed by atoms with Crippen molar-refractivity contribution >= 4 is 17.6 Å². The summed E-state index contributed by atoms with van der Waals surface area (Å²) in [5.74, 6) is -1.43. The maximum absolute atomic E-state index is 12.6. The molecule has 0 radical (unpaired) electrons. The Morgan fingerprint density at radius 2 is 1.76 bits per heavy atom. The molecule has 1 aromatic carbocycles. The highest BCUT2D eigenvalue weighted by molar-refractivity contribution is 6.00. The summed E-state index contributed by atoms with van der Waals surface area (Å²) in [5.41, 5.74) is 0.745. The summed E-state index contributed by atoms with van der Waals surface area (Å²) in [6.45, 7) is 7.71. The van der Waals surface area contributed by atoms with Crippen LogP contribution >= 0.6 is 0 Å². The number of cyclic esters (lactones) is 1. The zero-order chi connectivity index (χ0) is 24.4. The van der Waals surface area contributed by atoms with E-state index < -0.39 is 5.97 Å². The maximum atomic E-state index is 12.6. The molecule has 1 aromatic rings. The number of carbonyl (C=O) groups is 2. The van der Waals surface area contributed by atoms with Crippen molar-refractivity contribution in [1.29, 1.82) is 0 Å². The van der Waals surface area contributed by atoms with Gasteiger partial charge in [0, 0.05) is 24.6 Å². The molecular formula is C25H34N2O6. The lowest BCUT2D eigenvalue weighted by Crippen LogP contribution is -2.43. The van der Waals surface area contributed by atoms with Crippen LogP contribution in [0.25, 0.3) is 0 Å². The number of phenolic OH excluding ortho intramolecular Hbond substituents is 2. The molecule has 33 heavy (non-hydrogen) atoms. The van der Waals surface area contributed by atoms with Crippen LogP contribution in [-0.4, -0.2) is 58.0 Å². The zero-order valence-corrected chi connectivity index (χ0v) is 19.8. The molecule has 0 bridgehead atoms. The lowest BCUT2D eigenvalue weighted by atomic mass is 10.00. The molecule has 0 spiro atoms. The second-order valence-corrected chi connectivity index (χ2v) is 8.40. The van der Waals surface area contributed by atoms with Crippen molar-refractivity contribution in [2.75, 3.05) is 13.2 Å². The topological polar surface area (TPSA) is 109 Å². The molecule has 0 aromatic heterocycles. The molecule has 0 unspecified atom stereocenters. The van der Waals surface area contributed by atoms with Crippen LogP contribution in [0.1, 0.15) is 62.9 Å². The Morgan fingerprint density at radius 1 is 1.09 bits per heavy atom. The minimum absolute atomic E-state index is 0.0277. The van der Waals surface area contributed by atoms with Crippen LogP contribution in [0, 0.1) is 0 Å². The molecule has 0 saturated heterocycles. The van der Waals surface area contributed by atoms with Crippen LogP contribution in [0.4, 0.5) is 0 Å². The molecule has 0 aliphatic carbocycles. The van der Waals surface area contributed by atoms with Crippen LogP contribution in [0.15, 0.2) is 41.6 Å². The quantitative estimate of drug-likeness (QED) is 0.390. The number of carbonyl (C=O) groups excluding carboxylic acids is 2. The number of rotatable bonds is 5. The lowest BCUT2D eigenvalue weighted by Gasteiger charge is -2.30. The standard InChI is InChI=1S/C25H34N2O6/c1-17(2)27(18(3)4)23(30)16-33-26-20-11-9-7-5-6-8-10-12-32-25(31)24-19(13-20)14-21(28)15-22(24)29/h6,8-9,11,14-15,17-18,28-29H,5,7,10,12-13,16H2,1-4H3/b8-6+,11-9+,26-20+. The van der Waals surface area contributed by atoms with Gasteiger partial charge >= 0.3 is 5.97 Å². The van der Waals surface area contributed by atoms with Gasteiger partial charge in [-0.1, -0.05) is 23.4 Å². The van der Waals surface area contributed by atoms with Crippen molar-refractivity contribution in [3.63, 3.8) is 0 Å². The van der Waals surface area contributed by atoms with E-state index >= 15 is 0 Å². The van der Waals surface area contributed by atoms with Crippen molar-refractivity contribution in [2.45, 2.75) is 65.5 Å². The molecular weight excluding hydrogens is 424 g/mol. The number of oxime groups is 1. The van der Waals surface area contributed by atoms with Gasteiger partial charge in [-0.3, -0.25) is 4.79 Å². The first-order valence-electron chi connectivity index (χ1n) is 11.2. The summed E-state index contributed by atoms with van der Waals surface area (Å²) in [6.07, 6.45) is 9.86. The Balaban J connectivity index is 2.31. The summed E-state index contributed by atoms with van der Waals surface area (Å²) >= 11 is 0. The average molecular weight is 459 g/mol. The molecule has 1 heterocycles. The number of hydrogen-bond acceptors (Lipinski definition) is 7. The summed E-state index contributed by atoms with van der Waals surface area (Å²) in [7, 11) is 0. The third-order valence-electron chi connectivity index (χ3n) is 5.02. The molecule has 1 amide bonds. The fourth-order valence-electron chi connectivity index (χ4n) is 3.72. The first-order valence-corrected chi connectivity index (χ1v) is 11.2. The number of allylic oxidation sites excluding steroid dienone is 3. The second-order valence-electron chi connectivity index (χ2n) is 8.40. The molecule has 0 atom stereocenters. The monoisotopic (exact) mass is 458 g/mol. The fourth-order valence-corrected chi connectivity index (χ4v) is 3.72. The summed E-state index contributed by atoms with van der Waals surface area (Å²) in [6, 6.07) is 2.53. The molecule has 0 fully saturated rings. The SMILES string of the molecule is CC(C)N(C(=O)CO/N=C1\C=C\CC/C=C/CCOC(=O)c2c(O)cc(O)cc2C1)C(C)C. The van der Waals surface area contributed by atoms with Crippen molar-refractivity contribution in [3.05, 3.63) is 47.6 Å². The average Bonchev–Trinajstić information content (AvgIpc) is 2.70. The Morgan fingerprint density at radius 3 is 2.45 bits per heavy atom.